The number of pyridine rings is 1. The molecule has 442 valence electrons. The Kier molecular flexibility index (Phi) is 16.9. The molecule has 0 aliphatic carbocycles. The number of primary amides is 2. The molecule has 0 saturated carbocycles. The summed E-state index contributed by atoms with van der Waals surface area (Å²) in [7, 11) is 0. The molecule has 0 spiro atoms. The molecule has 12 rings (SSSR count). The number of hydrogen-bond acceptors (Lipinski definition) is 25. The van der Waals surface area contributed by atoms with E-state index in [2.05, 4.69) is 31.1 Å². The molecule has 2 aromatic carbocycles. The van der Waals surface area contributed by atoms with Gasteiger partial charge in [0.25, 0.3) is 17.7 Å². The summed E-state index contributed by atoms with van der Waals surface area (Å²) in [6.45, 7) is 3.95. The van der Waals surface area contributed by atoms with Gasteiger partial charge in [0.05, 0.1) is 41.4 Å². The molecule has 0 radical (unpaired) electrons. The van der Waals surface area contributed by atoms with Crippen LogP contribution in [0.15, 0.2) is 109 Å². The fraction of sp³-hybridized carbons (Fsp3) is 0.263. The smallest absolute Gasteiger partial charge is 0.271 e. The van der Waals surface area contributed by atoms with Crippen molar-refractivity contribution in [2.75, 3.05) is 19.7 Å². The van der Waals surface area contributed by atoms with Crippen LogP contribution in [-0.4, -0.2) is 123 Å². The Balaban J connectivity index is 0.945. The number of benzene rings is 2. The van der Waals surface area contributed by atoms with Crippen LogP contribution in [0.25, 0.3) is 43.4 Å². The third-order valence-corrected chi connectivity index (χ3v) is 20.2. The molecule has 7 aromatic heterocycles. The average molecular weight is 1280 g/mol. The number of thiazole rings is 6. The fourth-order valence-electron chi connectivity index (χ4n) is 10.1. The normalized spacial score (nSPS) is 20.1. The van der Waals surface area contributed by atoms with Gasteiger partial charge < -0.3 is 42.0 Å². The maximum Gasteiger partial charge on any atom is 0.271 e. The number of aliphatic hydroxyl groups excluding tert-OH is 2. The third kappa shape index (κ3) is 12.5. The summed E-state index contributed by atoms with van der Waals surface area (Å²) in [6.07, 6.45) is -2.98. The summed E-state index contributed by atoms with van der Waals surface area (Å²) in [5.41, 5.74) is 15.3. The van der Waals surface area contributed by atoms with Crippen LogP contribution in [0.1, 0.15) is 117 Å². The maximum atomic E-state index is 15.4. The van der Waals surface area contributed by atoms with Crippen molar-refractivity contribution < 1.29 is 43.7 Å². The van der Waals surface area contributed by atoms with Crippen molar-refractivity contribution in [3.63, 3.8) is 0 Å². The average Bonchev–Trinajstić information content (AvgIpc) is 2.40. The Morgan fingerprint density at radius 2 is 1.40 bits per heavy atom. The first-order chi connectivity index (χ1) is 42.0. The van der Waals surface area contributed by atoms with Crippen LogP contribution >= 0.6 is 68.0 Å². The minimum atomic E-state index is -1.30. The number of nitrogens with one attached hydrogen (secondary N) is 2. The van der Waals surface area contributed by atoms with Gasteiger partial charge in [0.1, 0.15) is 95.6 Å². The van der Waals surface area contributed by atoms with Crippen molar-refractivity contribution in [2.24, 2.45) is 32.8 Å². The molecule has 9 aromatic rings. The summed E-state index contributed by atoms with van der Waals surface area (Å²) < 4.78 is 5.92. The Morgan fingerprint density at radius 1 is 0.724 bits per heavy atom. The lowest BCUT2D eigenvalue weighted by atomic mass is 9.90. The molecule has 87 heavy (non-hydrogen) atoms. The van der Waals surface area contributed by atoms with Gasteiger partial charge in [-0.25, -0.2) is 34.9 Å². The molecule has 10 heterocycles. The molecular weight excluding hydrogens is 1230 g/mol. The van der Waals surface area contributed by atoms with E-state index in [0.717, 1.165) is 34.0 Å². The topological polar surface area (TPSA) is 359 Å². The van der Waals surface area contributed by atoms with Gasteiger partial charge in [-0.3, -0.25) is 28.8 Å². The van der Waals surface area contributed by atoms with Crippen LogP contribution in [0.3, 0.4) is 0 Å². The van der Waals surface area contributed by atoms with E-state index in [1.54, 1.807) is 89.3 Å². The van der Waals surface area contributed by atoms with E-state index >= 15 is 4.79 Å². The van der Waals surface area contributed by atoms with Crippen LogP contribution in [0.4, 0.5) is 0 Å². The third-order valence-electron chi connectivity index (χ3n) is 14.6. The predicted octanol–water partition coefficient (Wildman–Crippen LogP) is 7.77. The first-order valence-corrected chi connectivity index (χ1v) is 32.1. The largest absolute Gasteiger partial charge is 0.488 e. The van der Waals surface area contributed by atoms with Crippen LogP contribution in [0.2, 0.25) is 0 Å². The zero-order chi connectivity index (χ0) is 60.6. The predicted molar refractivity (Wildman–Crippen MR) is 327 cm³/mol. The van der Waals surface area contributed by atoms with E-state index in [-0.39, 0.29) is 65.2 Å². The van der Waals surface area contributed by atoms with Crippen molar-refractivity contribution in [2.45, 2.75) is 69.4 Å². The number of nitrogens with zero attached hydrogens (tertiary/aromatic N) is 11. The van der Waals surface area contributed by atoms with Gasteiger partial charge in [-0.2, -0.15) is 5.11 Å². The summed E-state index contributed by atoms with van der Waals surface area (Å²) in [5.74, 6) is -4.83. The van der Waals surface area contributed by atoms with Crippen molar-refractivity contribution >= 4 is 109 Å². The Hall–Kier alpha value is -8.62. The van der Waals surface area contributed by atoms with Crippen LogP contribution in [0, 0.1) is 12.8 Å². The summed E-state index contributed by atoms with van der Waals surface area (Å²) in [5, 5.41) is 51.4. The molecule has 8 N–H and O–H groups in total. The van der Waals surface area contributed by atoms with Gasteiger partial charge in [0, 0.05) is 68.6 Å². The number of rotatable bonds is 11. The number of fused-ring (bicyclic) bond motifs is 16. The quantitative estimate of drug-likeness (QED) is 0.0720. The second kappa shape index (κ2) is 25.0. The standard InChI is InChI=1S/C57H49N15O9S6/c1-25-42(74)18-72-46(25)56-68-40(24-86-56)54-64-36(20-84-54)45-31(12-13-33(61-45)53-65-37(21-85-53)48(59)77)51-66-38(22-82-51)49(78)62-34(16-43(58)75)55-69-44(26(2)87-55)41(73)15-32(47(76)28-6-4-3-5-7-28)52-67-39(23-83-52)50(79)63-35(57(72)80)14-27-8-10-30(11-9-27)81-19-29-17-60-71-70-29/h3-13,20-25,32,34-35,42,46-47,74,76H,14-19H2,1-2H3,(H2,58,75)(H2,59,77)(H,62,78)(H,63,79)/t25-,32-,34-,35-,42-,46-,47+/m0/s1. The minimum Gasteiger partial charge on any atom is -0.488 e. The Morgan fingerprint density at radius 3 is 2.15 bits per heavy atom. The lowest BCUT2D eigenvalue weighted by Gasteiger charge is -2.29. The highest BCUT2D eigenvalue weighted by molar-refractivity contribution is 7.15. The monoisotopic (exact) mass is 1280 g/mol. The van der Waals surface area contributed by atoms with E-state index < -0.39 is 77.5 Å². The zero-order valence-electron chi connectivity index (χ0n) is 45.8. The highest BCUT2D eigenvalue weighted by Gasteiger charge is 2.45. The first kappa shape index (κ1) is 58.7. The molecule has 10 bridgehead atoms. The van der Waals surface area contributed by atoms with Gasteiger partial charge in [0.2, 0.25) is 11.8 Å². The molecule has 3 aliphatic heterocycles. The Labute approximate surface area is 518 Å². The number of carbonyl (C=O) groups is 6. The van der Waals surface area contributed by atoms with Crippen molar-refractivity contribution in [1.29, 1.82) is 0 Å². The number of ether oxygens (including phenoxy) is 1. The number of amides is 5. The highest BCUT2D eigenvalue weighted by atomic mass is 32.1. The van der Waals surface area contributed by atoms with E-state index in [1.807, 2.05) is 12.3 Å². The summed E-state index contributed by atoms with van der Waals surface area (Å²) >= 11 is 7.04. The number of nitrogens with two attached hydrogens (primary N) is 2. The molecule has 24 nitrogen and oxygen atoms in total. The van der Waals surface area contributed by atoms with Crippen LogP contribution in [-0.2, 0) is 16.0 Å². The lowest BCUT2D eigenvalue weighted by Crippen LogP contribution is -2.50. The number of aromatic nitrogens is 7. The number of Topliss-reactive ketones (excluding diaryl/α,β-unsaturated/α-hetero) is 1. The van der Waals surface area contributed by atoms with Crippen LogP contribution < -0.4 is 26.8 Å². The Bertz CT molecular complexity index is 4190. The number of ketones is 1. The number of carbonyl (C=O) groups excluding carboxylic acids is 6. The fourth-order valence-corrected chi connectivity index (χ4v) is 15.5. The second-order valence-electron chi connectivity index (χ2n) is 20.5. The molecule has 1 fully saturated rings. The number of aryl methyl sites for hydroxylation is 1. The van der Waals surface area contributed by atoms with Gasteiger partial charge in [-0.15, -0.1) is 73.1 Å². The molecule has 7 atom stereocenters. The second-order valence-corrected chi connectivity index (χ2v) is 26.1. The van der Waals surface area contributed by atoms with Gasteiger partial charge in [0.15, 0.2) is 5.78 Å². The molecule has 1 saturated heterocycles. The van der Waals surface area contributed by atoms with Gasteiger partial charge >= 0.3 is 0 Å². The van der Waals surface area contributed by atoms with Crippen LogP contribution in [0.5, 0.6) is 5.75 Å². The van der Waals surface area contributed by atoms with Gasteiger partial charge in [-0.05, 0) is 47.5 Å². The zero-order valence-corrected chi connectivity index (χ0v) is 50.7. The summed E-state index contributed by atoms with van der Waals surface area (Å²) in [6, 6.07) is 16.1. The molecule has 5 amide bonds. The molecule has 30 heteroatoms. The SMILES string of the molecule is Cc1sc2nc1C(=O)C[C@@H]([C@H](O)c1ccccc1)c1nc(cs1)C(=O)N[C@@H](Cc1ccc(OCC3=NN=NC3)cc1)C(=O)N1C[C@H](O)[C@H](C)[C@H]1c1nc(cs1)-c1nc(cs1)-c1nc(-c3nc(C(N)=O)cs3)ccc1-c1nc(cs1)C(=O)N[C@H]2CC(N)=O. The lowest BCUT2D eigenvalue weighted by molar-refractivity contribution is -0.134. The van der Waals surface area contributed by atoms with Gasteiger partial charge in [-0.1, -0.05) is 49.4 Å². The van der Waals surface area contributed by atoms with Crippen molar-refractivity contribution in [3.05, 3.63) is 147 Å². The minimum absolute atomic E-state index is 0.00219. The maximum absolute atomic E-state index is 15.4. The van der Waals surface area contributed by atoms with E-state index in [1.165, 1.54) is 44.8 Å². The highest BCUT2D eigenvalue weighted by Crippen LogP contribution is 2.43. The first-order valence-electron chi connectivity index (χ1n) is 26.9. The van der Waals surface area contributed by atoms with Crippen molar-refractivity contribution in [3.8, 4) is 49.1 Å². The van der Waals surface area contributed by atoms with E-state index in [0.29, 0.717) is 82.4 Å². The number of aliphatic hydroxyl groups is 2. The van der Waals surface area contributed by atoms with Crippen molar-refractivity contribution in [1.82, 2.24) is 50.4 Å². The molecule has 3 aliphatic rings. The molecular formula is C57H49N15O9S6. The molecule has 0 unspecified atom stereocenters. The summed E-state index contributed by atoms with van der Waals surface area (Å²) in [4.78, 5) is 119. The number of hydrogen-bond donors (Lipinski definition) is 6. The van der Waals surface area contributed by atoms with E-state index in [4.69, 9.17) is 46.1 Å². The van der Waals surface area contributed by atoms with E-state index in [9.17, 15) is 34.2 Å².